The van der Waals surface area contributed by atoms with Crippen molar-refractivity contribution in [3.05, 3.63) is 86.9 Å². The molecule has 2 aromatic heterocycles. The summed E-state index contributed by atoms with van der Waals surface area (Å²) in [5.74, 6) is -0.291. The predicted octanol–water partition coefficient (Wildman–Crippen LogP) is 4.09. The fourth-order valence-electron chi connectivity index (χ4n) is 4.41. The normalized spacial score (nSPS) is 11.4. The van der Waals surface area contributed by atoms with E-state index in [9.17, 15) is 14.4 Å². The third-order valence-corrected chi connectivity index (χ3v) is 5.90. The SMILES string of the molecule is CCn1c(=O)c(=O)[nH]c2cc(C(=O)Nc3ccc4c(c3)c3ccccc3n4CC)ccc21. The Morgan fingerprint density at radius 3 is 2.34 bits per heavy atom. The second-order valence-corrected chi connectivity index (χ2v) is 7.68. The molecule has 0 atom stereocenters. The predicted molar refractivity (Wildman–Crippen MR) is 128 cm³/mol. The van der Waals surface area contributed by atoms with E-state index < -0.39 is 11.1 Å². The molecule has 1 amide bonds. The van der Waals surface area contributed by atoms with Crippen molar-refractivity contribution in [1.82, 2.24) is 14.1 Å². The number of rotatable bonds is 4. The van der Waals surface area contributed by atoms with Gasteiger partial charge >= 0.3 is 11.1 Å². The molecule has 2 heterocycles. The topological polar surface area (TPSA) is 88.9 Å². The van der Waals surface area contributed by atoms with Crippen LogP contribution in [0.25, 0.3) is 32.8 Å². The van der Waals surface area contributed by atoms with E-state index in [0.717, 1.165) is 28.4 Å². The lowest BCUT2D eigenvalue weighted by atomic mass is 10.1. The number of carbonyl (C=O) groups is 1. The van der Waals surface area contributed by atoms with Crippen LogP contribution >= 0.6 is 0 Å². The molecule has 7 heteroatoms. The van der Waals surface area contributed by atoms with Crippen LogP contribution in [0.5, 0.6) is 0 Å². The van der Waals surface area contributed by atoms with Gasteiger partial charge in [-0.15, -0.1) is 0 Å². The van der Waals surface area contributed by atoms with E-state index in [1.807, 2.05) is 30.3 Å². The van der Waals surface area contributed by atoms with Crippen LogP contribution in [0.3, 0.4) is 0 Å². The van der Waals surface area contributed by atoms with Gasteiger partial charge in [-0.2, -0.15) is 0 Å². The number of hydrogen-bond donors (Lipinski definition) is 2. The molecule has 0 saturated carbocycles. The first-order chi connectivity index (χ1) is 15.5. The van der Waals surface area contributed by atoms with Crippen molar-refractivity contribution in [2.45, 2.75) is 26.9 Å². The van der Waals surface area contributed by atoms with Crippen molar-refractivity contribution in [2.75, 3.05) is 5.32 Å². The molecule has 0 radical (unpaired) electrons. The Labute approximate surface area is 182 Å². The van der Waals surface area contributed by atoms with Gasteiger partial charge in [0.1, 0.15) is 0 Å². The average molecular weight is 426 g/mol. The van der Waals surface area contributed by atoms with Crippen molar-refractivity contribution < 1.29 is 4.79 Å². The summed E-state index contributed by atoms with van der Waals surface area (Å²) in [7, 11) is 0. The smallest absolute Gasteiger partial charge is 0.316 e. The number of aromatic nitrogens is 3. The lowest BCUT2D eigenvalue weighted by molar-refractivity contribution is 0.102. The molecule has 7 nitrogen and oxygen atoms in total. The van der Waals surface area contributed by atoms with E-state index in [-0.39, 0.29) is 5.91 Å². The largest absolute Gasteiger partial charge is 0.341 e. The third kappa shape index (κ3) is 3.01. The second kappa shape index (κ2) is 7.53. The third-order valence-electron chi connectivity index (χ3n) is 5.90. The van der Waals surface area contributed by atoms with Crippen LogP contribution in [-0.2, 0) is 13.1 Å². The first-order valence-electron chi connectivity index (χ1n) is 10.6. The van der Waals surface area contributed by atoms with Crippen LogP contribution in [0.15, 0.2) is 70.3 Å². The number of nitrogens with zero attached hydrogens (tertiary/aromatic N) is 2. The molecule has 0 saturated heterocycles. The minimum absolute atomic E-state index is 0.291. The molecule has 5 aromatic rings. The van der Waals surface area contributed by atoms with Gasteiger partial charge in [0.15, 0.2) is 0 Å². The van der Waals surface area contributed by atoms with Gasteiger partial charge in [-0.05, 0) is 56.3 Å². The first-order valence-corrected chi connectivity index (χ1v) is 10.6. The minimum atomic E-state index is -0.699. The molecule has 160 valence electrons. The number of H-pyrrole nitrogens is 1. The molecule has 0 aliphatic heterocycles. The summed E-state index contributed by atoms with van der Waals surface area (Å²) in [5, 5.41) is 5.17. The monoisotopic (exact) mass is 426 g/mol. The van der Waals surface area contributed by atoms with Crippen molar-refractivity contribution in [2.24, 2.45) is 0 Å². The fourth-order valence-corrected chi connectivity index (χ4v) is 4.41. The molecule has 3 aromatic carbocycles. The quantitative estimate of drug-likeness (QED) is 0.424. The van der Waals surface area contributed by atoms with Gasteiger partial charge in [0.2, 0.25) is 0 Å². The Kier molecular flexibility index (Phi) is 4.66. The Bertz CT molecular complexity index is 1640. The highest BCUT2D eigenvalue weighted by atomic mass is 16.2. The van der Waals surface area contributed by atoms with Gasteiger partial charge in [-0.1, -0.05) is 18.2 Å². The van der Waals surface area contributed by atoms with Crippen LogP contribution in [0.4, 0.5) is 5.69 Å². The van der Waals surface area contributed by atoms with Gasteiger partial charge in [-0.3, -0.25) is 14.4 Å². The average Bonchev–Trinajstić information content (AvgIpc) is 3.12. The standard InChI is InChI=1S/C25H22N4O3/c1-3-28-20-8-6-5-7-17(20)18-14-16(10-12-21(18)28)26-23(30)15-9-11-22-19(13-15)27-24(31)25(32)29(22)4-2/h5-14H,3-4H2,1-2H3,(H,26,30)(H,27,31). The number of hydrogen-bond acceptors (Lipinski definition) is 3. The Hall–Kier alpha value is -4.13. The van der Waals surface area contributed by atoms with Crippen LogP contribution in [0, 0.1) is 0 Å². The number of aryl methyl sites for hydroxylation is 2. The van der Waals surface area contributed by atoms with E-state index in [0.29, 0.717) is 28.8 Å². The summed E-state index contributed by atoms with van der Waals surface area (Å²) >= 11 is 0. The Morgan fingerprint density at radius 2 is 1.56 bits per heavy atom. The summed E-state index contributed by atoms with van der Waals surface area (Å²) in [5.41, 5.74) is 3.10. The van der Waals surface area contributed by atoms with E-state index >= 15 is 0 Å². The molecule has 0 aliphatic carbocycles. The molecule has 0 bridgehead atoms. The van der Waals surface area contributed by atoms with E-state index in [4.69, 9.17) is 0 Å². The first kappa shape index (κ1) is 19.8. The zero-order chi connectivity index (χ0) is 22.4. The minimum Gasteiger partial charge on any atom is -0.341 e. The van der Waals surface area contributed by atoms with Gasteiger partial charge in [0.25, 0.3) is 5.91 Å². The zero-order valence-corrected chi connectivity index (χ0v) is 17.8. The molecule has 0 aliphatic rings. The van der Waals surface area contributed by atoms with Crippen LogP contribution in [0.1, 0.15) is 24.2 Å². The van der Waals surface area contributed by atoms with Crippen LogP contribution < -0.4 is 16.4 Å². The van der Waals surface area contributed by atoms with E-state index in [2.05, 4.69) is 33.9 Å². The summed E-state index contributed by atoms with van der Waals surface area (Å²) in [4.78, 5) is 39.5. The molecule has 5 rings (SSSR count). The summed E-state index contributed by atoms with van der Waals surface area (Å²) in [6.07, 6.45) is 0. The maximum atomic E-state index is 12.9. The van der Waals surface area contributed by atoms with Crippen molar-refractivity contribution in [1.29, 1.82) is 0 Å². The number of fused-ring (bicyclic) bond motifs is 4. The molecule has 32 heavy (non-hydrogen) atoms. The highest BCUT2D eigenvalue weighted by Crippen LogP contribution is 2.31. The molecular formula is C25H22N4O3. The van der Waals surface area contributed by atoms with Gasteiger partial charge < -0.3 is 19.4 Å². The van der Waals surface area contributed by atoms with Gasteiger partial charge in [-0.25, -0.2) is 0 Å². The van der Waals surface area contributed by atoms with Gasteiger partial charge in [0, 0.05) is 46.1 Å². The molecule has 0 unspecified atom stereocenters. The lowest BCUT2D eigenvalue weighted by Gasteiger charge is -2.10. The molecule has 2 N–H and O–H groups in total. The van der Waals surface area contributed by atoms with Crippen molar-refractivity contribution >= 4 is 44.4 Å². The lowest BCUT2D eigenvalue weighted by Crippen LogP contribution is -2.36. The number of para-hydroxylation sites is 1. The maximum absolute atomic E-state index is 12.9. The van der Waals surface area contributed by atoms with E-state index in [1.165, 1.54) is 4.57 Å². The summed E-state index contributed by atoms with van der Waals surface area (Å²) < 4.78 is 3.65. The highest BCUT2D eigenvalue weighted by Gasteiger charge is 2.13. The number of aromatic amines is 1. The number of benzene rings is 3. The zero-order valence-electron chi connectivity index (χ0n) is 17.8. The Balaban J connectivity index is 1.54. The number of amides is 1. The number of anilines is 1. The fraction of sp³-hybridized carbons (Fsp3) is 0.160. The van der Waals surface area contributed by atoms with E-state index in [1.54, 1.807) is 25.1 Å². The van der Waals surface area contributed by atoms with Crippen LogP contribution in [-0.4, -0.2) is 20.0 Å². The second-order valence-electron chi connectivity index (χ2n) is 7.68. The number of nitrogens with one attached hydrogen (secondary N) is 2. The Morgan fingerprint density at radius 1 is 0.844 bits per heavy atom. The maximum Gasteiger partial charge on any atom is 0.316 e. The highest BCUT2D eigenvalue weighted by molar-refractivity contribution is 6.11. The number of carbonyl (C=O) groups excluding carboxylic acids is 1. The molecular weight excluding hydrogens is 404 g/mol. The molecule has 0 fully saturated rings. The van der Waals surface area contributed by atoms with Crippen molar-refractivity contribution in [3.8, 4) is 0 Å². The summed E-state index contributed by atoms with van der Waals surface area (Å²) in [6.45, 7) is 5.14. The van der Waals surface area contributed by atoms with Crippen LogP contribution in [0.2, 0.25) is 0 Å². The van der Waals surface area contributed by atoms with Crippen molar-refractivity contribution in [3.63, 3.8) is 0 Å². The summed E-state index contributed by atoms with van der Waals surface area (Å²) in [6, 6.07) is 19.1. The molecule has 0 spiro atoms. The van der Waals surface area contributed by atoms with Gasteiger partial charge in [0.05, 0.1) is 11.0 Å².